The Labute approximate surface area is 158 Å². The zero-order valence-corrected chi connectivity index (χ0v) is 14.7. The van der Waals surface area contributed by atoms with Gasteiger partial charge in [0.25, 0.3) is 5.91 Å². The summed E-state index contributed by atoms with van der Waals surface area (Å²) in [5, 5.41) is 24.7. The highest BCUT2D eigenvalue weighted by Gasteiger charge is 2.31. The first-order valence-corrected chi connectivity index (χ1v) is 8.47. The van der Waals surface area contributed by atoms with Crippen LogP contribution in [0.4, 0.5) is 5.69 Å². The molecule has 2 aromatic carbocycles. The Morgan fingerprint density at radius 2 is 2.00 bits per heavy atom. The highest BCUT2D eigenvalue weighted by molar-refractivity contribution is 6.12. The lowest BCUT2D eigenvalue weighted by molar-refractivity contribution is 0.0996. The largest absolute Gasteiger partial charge is 0.497 e. The highest BCUT2D eigenvalue weighted by Crippen LogP contribution is 2.37. The topological polar surface area (TPSA) is 126 Å². The molecule has 138 valence electrons. The smallest absolute Gasteiger partial charge is 0.258 e. The van der Waals surface area contributed by atoms with E-state index in [1.165, 1.54) is 0 Å². The number of ether oxygens (including phenoxy) is 1. The molecule has 28 heavy (non-hydrogen) atoms. The van der Waals surface area contributed by atoms with Gasteiger partial charge in [0.1, 0.15) is 11.4 Å². The van der Waals surface area contributed by atoms with Gasteiger partial charge >= 0.3 is 0 Å². The first-order chi connectivity index (χ1) is 13.7. The Kier molecular flexibility index (Phi) is 3.61. The summed E-state index contributed by atoms with van der Waals surface area (Å²) in [6.45, 7) is 0.436. The number of methoxy groups -OCH3 is 1. The van der Waals surface area contributed by atoms with E-state index in [0.717, 1.165) is 11.1 Å². The SMILES string of the molecule is COc1ccc(-c2nn[nH]n2)c(N2Cc3ccc(-c4cn[nH]n4)cc3C2=O)c1. The van der Waals surface area contributed by atoms with Gasteiger partial charge in [-0.15, -0.1) is 10.2 Å². The summed E-state index contributed by atoms with van der Waals surface area (Å²) < 4.78 is 5.35. The Bertz CT molecular complexity index is 1150. The lowest BCUT2D eigenvalue weighted by Gasteiger charge is -2.19. The lowest BCUT2D eigenvalue weighted by atomic mass is 10.0. The number of amides is 1. The van der Waals surface area contributed by atoms with Crippen LogP contribution in [0.2, 0.25) is 0 Å². The third-order valence-corrected chi connectivity index (χ3v) is 4.71. The second-order valence-corrected chi connectivity index (χ2v) is 6.24. The van der Waals surface area contributed by atoms with Crippen LogP contribution in [0.5, 0.6) is 5.75 Å². The van der Waals surface area contributed by atoms with E-state index < -0.39 is 0 Å². The summed E-state index contributed by atoms with van der Waals surface area (Å²) in [6.07, 6.45) is 1.62. The summed E-state index contributed by atoms with van der Waals surface area (Å²) in [7, 11) is 1.58. The highest BCUT2D eigenvalue weighted by atomic mass is 16.5. The molecule has 0 bridgehead atoms. The summed E-state index contributed by atoms with van der Waals surface area (Å²) in [4.78, 5) is 14.9. The summed E-state index contributed by atoms with van der Waals surface area (Å²) >= 11 is 0. The predicted octanol–water partition coefficient (Wildman–Crippen LogP) is 1.82. The van der Waals surface area contributed by atoms with E-state index in [1.54, 1.807) is 30.3 Å². The maximum absolute atomic E-state index is 13.2. The monoisotopic (exact) mass is 374 g/mol. The van der Waals surface area contributed by atoms with E-state index in [9.17, 15) is 4.79 Å². The van der Waals surface area contributed by atoms with Gasteiger partial charge in [-0.05, 0) is 29.0 Å². The molecule has 1 amide bonds. The fourth-order valence-corrected chi connectivity index (χ4v) is 3.32. The average Bonchev–Trinajstić information content (AvgIpc) is 3.49. The van der Waals surface area contributed by atoms with Crippen molar-refractivity contribution in [3.63, 3.8) is 0 Å². The van der Waals surface area contributed by atoms with Crippen LogP contribution in [0.1, 0.15) is 15.9 Å². The molecule has 2 N–H and O–H groups in total. The molecule has 0 atom stereocenters. The molecular formula is C18H14N8O2. The third kappa shape index (κ3) is 2.50. The Hall–Kier alpha value is -4.08. The van der Waals surface area contributed by atoms with Gasteiger partial charge in [0.15, 0.2) is 0 Å². The Balaban J connectivity index is 1.58. The van der Waals surface area contributed by atoms with Crippen molar-refractivity contribution in [3.05, 3.63) is 53.7 Å². The maximum atomic E-state index is 13.2. The minimum absolute atomic E-state index is 0.113. The minimum atomic E-state index is -0.113. The molecule has 10 nitrogen and oxygen atoms in total. The number of benzene rings is 2. The molecule has 0 saturated carbocycles. The van der Waals surface area contributed by atoms with Gasteiger partial charge < -0.3 is 9.64 Å². The maximum Gasteiger partial charge on any atom is 0.258 e. The Morgan fingerprint density at radius 1 is 1.07 bits per heavy atom. The van der Waals surface area contributed by atoms with Crippen molar-refractivity contribution in [1.82, 2.24) is 36.0 Å². The van der Waals surface area contributed by atoms with Crippen molar-refractivity contribution >= 4 is 11.6 Å². The number of fused-ring (bicyclic) bond motifs is 1. The quantitative estimate of drug-likeness (QED) is 0.558. The van der Waals surface area contributed by atoms with Crippen LogP contribution in [-0.4, -0.2) is 49.1 Å². The average molecular weight is 374 g/mol. The number of carbonyl (C=O) groups excluding carboxylic acids is 1. The van der Waals surface area contributed by atoms with Crippen LogP contribution >= 0.6 is 0 Å². The number of nitrogens with zero attached hydrogens (tertiary/aromatic N) is 6. The first-order valence-electron chi connectivity index (χ1n) is 8.47. The first kappa shape index (κ1) is 16.1. The molecule has 0 saturated heterocycles. The number of aromatic amines is 2. The Morgan fingerprint density at radius 3 is 2.75 bits per heavy atom. The number of tetrazole rings is 1. The molecule has 10 heteroatoms. The fourth-order valence-electron chi connectivity index (χ4n) is 3.32. The molecule has 0 aliphatic carbocycles. The van der Waals surface area contributed by atoms with Gasteiger partial charge in [0.05, 0.1) is 25.5 Å². The number of hydrogen-bond donors (Lipinski definition) is 2. The number of H-pyrrole nitrogens is 2. The van der Waals surface area contributed by atoms with Crippen molar-refractivity contribution in [2.45, 2.75) is 6.54 Å². The molecule has 0 radical (unpaired) electrons. The zero-order valence-electron chi connectivity index (χ0n) is 14.7. The summed E-state index contributed by atoms with van der Waals surface area (Å²) in [5.74, 6) is 0.928. The van der Waals surface area contributed by atoms with Crippen LogP contribution in [0, 0.1) is 0 Å². The number of aromatic nitrogens is 7. The van der Waals surface area contributed by atoms with Gasteiger partial charge in [-0.25, -0.2) is 0 Å². The minimum Gasteiger partial charge on any atom is -0.497 e. The predicted molar refractivity (Wildman–Crippen MR) is 98.5 cm³/mol. The number of rotatable bonds is 4. The van der Waals surface area contributed by atoms with Gasteiger partial charge in [0, 0.05) is 22.8 Å². The molecule has 0 fully saturated rings. The van der Waals surface area contributed by atoms with E-state index >= 15 is 0 Å². The normalized spacial score (nSPS) is 13.0. The molecule has 2 aromatic heterocycles. The van der Waals surface area contributed by atoms with Crippen LogP contribution < -0.4 is 9.64 Å². The molecule has 0 unspecified atom stereocenters. The van der Waals surface area contributed by atoms with Crippen molar-refractivity contribution in [2.24, 2.45) is 0 Å². The number of carbonyl (C=O) groups is 1. The standard InChI is InChI=1S/C18H14N8O2/c1-28-12-4-5-13(17-21-24-25-22-17)16(7-12)26-9-11-3-2-10(6-14(11)18(26)27)15-8-19-23-20-15/h2-8H,9H2,1H3,(H,19,20,23)(H,21,22,24,25). The van der Waals surface area contributed by atoms with E-state index in [1.807, 2.05) is 24.3 Å². The molecule has 0 spiro atoms. The molecule has 3 heterocycles. The molecule has 4 aromatic rings. The van der Waals surface area contributed by atoms with Crippen LogP contribution in [0.25, 0.3) is 22.6 Å². The lowest BCUT2D eigenvalue weighted by Crippen LogP contribution is -2.23. The van der Waals surface area contributed by atoms with Gasteiger partial charge in [-0.1, -0.05) is 12.1 Å². The summed E-state index contributed by atoms with van der Waals surface area (Å²) in [6, 6.07) is 11.1. The molecule has 1 aliphatic rings. The molecule has 1 aliphatic heterocycles. The van der Waals surface area contributed by atoms with Crippen molar-refractivity contribution in [3.8, 4) is 28.4 Å². The fraction of sp³-hybridized carbons (Fsp3) is 0.111. The number of hydrogen-bond acceptors (Lipinski definition) is 7. The third-order valence-electron chi connectivity index (χ3n) is 4.71. The molecular weight excluding hydrogens is 360 g/mol. The molecule has 5 rings (SSSR count). The van der Waals surface area contributed by atoms with Gasteiger partial charge in [-0.3, -0.25) is 4.79 Å². The van der Waals surface area contributed by atoms with Crippen molar-refractivity contribution in [1.29, 1.82) is 0 Å². The van der Waals surface area contributed by atoms with Crippen LogP contribution in [0.3, 0.4) is 0 Å². The van der Waals surface area contributed by atoms with Crippen LogP contribution in [-0.2, 0) is 6.54 Å². The van der Waals surface area contributed by atoms with Gasteiger partial charge in [-0.2, -0.15) is 20.6 Å². The van der Waals surface area contributed by atoms with E-state index in [-0.39, 0.29) is 5.91 Å². The number of anilines is 1. The second kappa shape index (κ2) is 6.27. The second-order valence-electron chi connectivity index (χ2n) is 6.24. The van der Waals surface area contributed by atoms with E-state index in [4.69, 9.17) is 4.74 Å². The zero-order chi connectivity index (χ0) is 19.1. The van der Waals surface area contributed by atoms with Crippen molar-refractivity contribution < 1.29 is 9.53 Å². The van der Waals surface area contributed by atoms with Crippen LogP contribution in [0.15, 0.2) is 42.6 Å². The van der Waals surface area contributed by atoms with Crippen molar-refractivity contribution in [2.75, 3.05) is 12.0 Å². The van der Waals surface area contributed by atoms with Gasteiger partial charge in [0.2, 0.25) is 5.82 Å². The number of nitrogens with one attached hydrogen (secondary N) is 2. The van der Waals surface area contributed by atoms with E-state index in [0.29, 0.717) is 40.6 Å². The van der Waals surface area contributed by atoms with E-state index in [2.05, 4.69) is 36.0 Å². The summed E-state index contributed by atoms with van der Waals surface area (Å²) in [5.41, 5.74) is 4.41.